The maximum atomic E-state index is 5.06. The van der Waals surface area contributed by atoms with Gasteiger partial charge in [0, 0.05) is 12.1 Å². The van der Waals surface area contributed by atoms with Crippen LogP contribution >= 0.6 is 0 Å². The van der Waals surface area contributed by atoms with Crippen molar-refractivity contribution < 1.29 is 4.52 Å². The minimum atomic E-state index is 0.497. The monoisotopic (exact) mass is 208 g/mol. The fraction of sp³-hybridized carbons (Fsp3) is 0.750. The van der Waals surface area contributed by atoms with Crippen molar-refractivity contribution in [1.82, 2.24) is 10.5 Å². The average Bonchev–Trinajstić information content (AvgIpc) is 2.65. The summed E-state index contributed by atoms with van der Waals surface area (Å²) in [4.78, 5) is 0. The Kier molecular flexibility index (Phi) is 3.10. The second kappa shape index (κ2) is 4.35. The van der Waals surface area contributed by atoms with E-state index in [0.29, 0.717) is 11.5 Å². The molecule has 84 valence electrons. The summed E-state index contributed by atoms with van der Waals surface area (Å²) in [5.74, 6) is 0.929. The van der Waals surface area contributed by atoms with Gasteiger partial charge in [-0.3, -0.25) is 0 Å². The van der Waals surface area contributed by atoms with Gasteiger partial charge in [0.05, 0.1) is 12.7 Å². The van der Waals surface area contributed by atoms with Gasteiger partial charge in [-0.1, -0.05) is 25.4 Å². The second-order valence-corrected chi connectivity index (χ2v) is 5.32. The van der Waals surface area contributed by atoms with E-state index in [-0.39, 0.29) is 0 Å². The predicted molar refractivity (Wildman–Crippen MR) is 59.4 cm³/mol. The van der Waals surface area contributed by atoms with Crippen molar-refractivity contribution >= 4 is 0 Å². The Bertz CT molecular complexity index is 293. The van der Waals surface area contributed by atoms with E-state index in [2.05, 4.69) is 24.3 Å². The summed E-state index contributed by atoms with van der Waals surface area (Å²) in [7, 11) is 0. The van der Waals surface area contributed by atoms with Gasteiger partial charge in [-0.15, -0.1) is 0 Å². The average molecular weight is 208 g/mol. The van der Waals surface area contributed by atoms with Crippen LogP contribution in [-0.4, -0.2) is 11.2 Å². The summed E-state index contributed by atoms with van der Waals surface area (Å²) in [6, 6.07) is 2.56. The molecule has 2 rings (SSSR count). The molecule has 0 bridgehead atoms. The lowest BCUT2D eigenvalue weighted by molar-refractivity contribution is 0.194. The zero-order chi connectivity index (χ0) is 10.7. The minimum Gasteiger partial charge on any atom is -0.360 e. The number of nitrogens with one attached hydrogen (secondary N) is 1. The fourth-order valence-corrected chi connectivity index (χ4v) is 2.45. The molecule has 1 aromatic heterocycles. The quantitative estimate of drug-likeness (QED) is 0.830. The molecule has 3 nitrogen and oxygen atoms in total. The van der Waals surface area contributed by atoms with E-state index in [1.54, 1.807) is 6.20 Å². The van der Waals surface area contributed by atoms with Gasteiger partial charge in [0.2, 0.25) is 0 Å². The molecule has 15 heavy (non-hydrogen) atoms. The smallest absolute Gasteiger partial charge is 0.150 e. The summed E-state index contributed by atoms with van der Waals surface area (Å²) in [6.07, 6.45) is 6.94. The van der Waals surface area contributed by atoms with Crippen LogP contribution in [-0.2, 0) is 6.54 Å². The lowest BCUT2D eigenvalue weighted by Crippen LogP contribution is -2.36. The zero-order valence-corrected chi connectivity index (χ0v) is 9.62. The molecule has 0 saturated heterocycles. The first-order chi connectivity index (χ1) is 7.16. The molecular formula is C12H20N2O. The molecule has 1 saturated carbocycles. The Labute approximate surface area is 91.2 Å². The Morgan fingerprint density at radius 3 is 3.13 bits per heavy atom. The van der Waals surface area contributed by atoms with Crippen molar-refractivity contribution in [3.05, 3.63) is 18.0 Å². The summed E-state index contributed by atoms with van der Waals surface area (Å²) in [6.45, 7) is 5.52. The van der Waals surface area contributed by atoms with E-state index in [1.165, 1.54) is 25.7 Å². The third kappa shape index (κ3) is 3.06. The first kappa shape index (κ1) is 10.7. The van der Waals surface area contributed by atoms with Crippen LogP contribution in [0, 0.1) is 5.41 Å². The SMILES string of the molecule is CC1(C)CCCC(NCc2ccno2)C1. The summed E-state index contributed by atoms with van der Waals surface area (Å²) in [5.41, 5.74) is 0.497. The highest BCUT2D eigenvalue weighted by molar-refractivity contribution is 4.93. The molecule has 0 radical (unpaired) electrons. The molecule has 0 spiro atoms. The van der Waals surface area contributed by atoms with E-state index >= 15 is 0 Å². The van der Waals surface area contributed by atoms with E-state index < -0.39 is 0 Å². The van der Waals surface area contributed by atoms with Gasteiger partial charge in [0.1, 0.15) is 5.76 Å². The molecular weight excluding hydrogens is 188 g/mol. The number of aromatic nitrogens is 1. The number of hydrogen-bond acceptors (Lipinski definition) is 3. The first-order valence-corrected chi connectivity index (χ1v) is 5.79. The second-order valence-electron chi connectivity index (χ2n) is 5.32. The summed E-state index contributed by atoms with van der Waals surface area (Å²) >= 11 is 0. The van der Waals surface area contributed by atoms with Crippen LogP contribution in [0.2, 0.25) is 0 Å². The van der Waals surface area contributed by atoms with Crippen molar-refractivity contribution in [2.45, 2.75) is 52.1 Å². The van der Waals surface area contributed by atoms with E-state index in [9.17, 15) is 0 Å². The largest absolute Gasteiger partial charge is 0.360 e. The molecule has 1 aliphatic carbocycles. The Balaban J connectivity index is 1.80. The van der Waals surface area contributed by atoms with Gasteiger partial charge in [-0.05, 0) is 24.7 Å². The molecule has 0 aromatic carbocycles. The molecule has 1 atom stereocenters. The summed E-state index contributed by atoms with van der Waals surface area (Å²) < 4.78 is 5.06. The standard InChI is InChI=1S/C12H20N2O/c1-12(2)6-3-4-10(8-12)13-9-11-5-7-14-15-11/h5,7,10,13H,3-4,6,8-9H2,1-2H3. The highest BCUT2D eigenvalue weighted by Gasteiger charge is 2.27. The molecule has 0 amide bonds. The van der Waals surface area contributed by atoms with Gasteiger partial charge in [0.15, 0.2) is 0 Å². The molecule has 1 unspecified atom stereocenters. The predicted octanol–water partition coefficient (Wildman–Crippen LogP) is 2.73. The van der Waals surface area contributed by atoms with Crippen molar-refractivity contribution in [2.75, 3.05) is 0 Å². The normalized spacial score (nSPS) is 25.3. The summed E-state index contributed by atoms with van der Waals surface area (Å²) in [5, 5.41) is 7.25. The highest BCUT2D eigenvalue weighted by atomic mass is 16.5. The van der Waals surface area contributed by atoms with E-state index in [0.717, 1.165) is 12.3 Å². The molecule has 1 aliphatic rings. The fourth-order valence-electron chi connectivity index (χ4n) is 2.45. The maximum absolute atomic E-state index is 5.06. The van der Waals surface area contributed by atoms with E-state index in [4.69, 9.17) is 4.52 Å². The Morgan fingerprint density at radius 2 is 2.47 bits per heavy atom. The third-order valence-electron chi connectivity index (χ3n) is 3.26. The van der Waals surface area contributed by atoms with Gasteiger partial charge >= 0.3 is 0 Å². The lowest BCUT2D eigenvalue weighted by Gasteiger charge is -2.35. The Hall–Kier alpha value is -0.830. The van der Waals surface area contributed by atoms with Crippen LogP contribution < -0.4 is 5.32 Å². The first-order valence-electron chi connectivity index (χ1n) is 5.79. The van der Waals surface area contributed by atoms with Crippen LogP contribution in [0.1, 0.15) is 45.3 Å². The van der Waals surface area contributed by atoms with Gasteiger partial charge in [0.25, 0.3) is 0 Å². The van der Waals surface area contributed by atoms with Crippen LogP contribution in [0.3, 0.4) is 0 Å². The molecule has 1 heterocycles. The topological polar surface area (TPSA) is 38.1 Å². The number of hydrogen-bond donors (Lipinski definition) is 1. The highest BCUT2D eigenvalue weighted by Crippen LogP contribution is 2.35. The van der Waals surface area contributed by atoms with Gasteiger partial charge < -0.3 is 9.84 Å². The van der Waals surface area contributed by atoms with E-state index in [1.807, 2.05) is 6.07 Å². The molecule has 1 fully saturated rings. The van der Waals surface area contributed by atoms with Crippen LogP contribution in [0.25, 0.3) is 0 Å². The van der Waals surface area contributed by atoms with Crippen molar-refractivity contribution in [3.63, 3.8) is 0 Å². The van der Waals surface area contributed by atoms with Crippen molar-refractivity contribution in [3.8, 4) is 0 Å². The van der Waals surface area contributed by atoms with Crippen LogP contribution in [0.15, 0.2) is 16.8 Å². The minimum absolute atomic E-state index is 0.497. The third-order valence-corrected chi connectivity index (χ3v) is 3.26. The van der Waals surface area contributed by atoms with Crippen LogP contribution in [0.4, 0.5) is 0 Å². The molecule has 1 aromatic rings. The zero-order valence-electron chi connectivity index (χ0n) is 9.62. The van der Waals surface area contributed by atoms with Crippen molar-refractivity contribution in [1.29, 1.82) is 0 Å². The molecule has 3 heteroatoms. The number of nitrogens with zero attached hydrogens (tertiary/aromatic N) is 1. The van der Waals surface area contributed by atoms with Gasteiger partial charge in [-0.2, -0.15) is 0 Å². The lowest BCUT2D eigenvalue weighted by atomic mass is 9.75. The molecule has 0 aliphatic heterocycles. The maximum Gasteiger partial charge on any atom is 0.150 e. The van der Waals surface area contributed by atoms with Gasteiger partial charge in [-0.25, -0.2) is 0 Å². The van der Waals surface area contributed by atoms with Crippen molar-refractivity contribution in [2.24, 2.45) is 5.41 Å². The molecule has 1 N–H and O–H groups in total. The Morgan fingerprint density at radius 1 is 1.60 bits per heavy atom. The number of rotatable bonds is 3. The van der Waals surface area contributed by atoms with Crippen LogP contribution in [0.5, 0.6) is 0 Å².